The predicted octanol–water partition coefficient (Wildman–Crippen LogP) is 5.80. The molecule has 0 N–H and O–H groups in total. The van der Waals surface area contributed by atoms with Gasteiger partial charge in [0.2, 0.25) is 4.90 Å². The van der Waals surface area contributed by atoms with Crippen LogP contribution < -0.4 is 0 Å². The Morgan fingerprint density at radius 2 is 1.13 bits per heavy atom. The monoisotopic (exact) mass is 443 g/mol. The molecule has 0 nitrogen and oxygen atoms in total. The van der Waals surface area contributed by atoms with Gasteiger partial charge in [0.15, 0.2) is 15.6 Å². The third-order valence-electron chi connectivity index (χ3n) is 3.21. The van der Waals surface area contributed by atoms with Crippen molar-refractivity contribution >= 4 is 33.5 Å². The van der Waals surface area contributed by atoms with Crippen LogP contribution in [0, 0.1) is 21.0 Å². The normalized spacial score (nSPS) is 11.0. The molecule has 23 heavy (non-hydrogen) atoms. The molecular formula is C18H11F3IS+. The Morgan fingerprint density at radius 3 is 1.57 bits per heavy atom. The summed E-state index contributed by atoms with van der Waals surface area (Å²) >= 11 is 2.05. The largest absolute Gasteiger partial charge is 0.207 e. The van der Waals surface area contributed by atoms with Crippen LogP contribution in [0.25, 0.3) is 0 Å². The molecule has 3 aromatic carbocycles. The molecule has 0 heterocycles. The summed E-state index contributed by atoms with van der Waals surface area (Å²) in [5.74, 6) is -1.02. The zero-order chi connectivity index (χ0) is 16.4. The van der Waals surface area contributed by atoms with Crippen LogP contribution in [0.4, 0.5) is 13.2 Å². The maximum Gasteiger partial charge on any atom is 0.202 e. The van der Waals surface area contributed by atoms with Crippen molar-refractivity contribution in [2.45, 2.75) is 14.7 Å². The topological polar surface area (TPSA) is 0 Å². The van der Waals surface area contributed by atoms with Gasteiger partial charge in [-0.1, -0.05) is 0 Å². The zero-order valence-corrected chi connectivity index (χ0v) is 14.7. The van der Waals surface area contributed by atoms with Crippen LogP contribution in [-0.2, 0) is 10.9 Å². The van der Waals surface area contributed by atoms with Crippen molar-refractivity contribution in [3.63, 3.8) is 0 Å². The molecule has 0 saturated heterocycles. The predicted molar refractivity (Wildman–Crippen MR) is 94.1 cm³/mol. The molecule has 0 aliphatic carbocycles. The Hall–Kier alpha value is -1.47. The molecule has 0 saturated carbocycles. The van der Waals surface area contributed by atoms with Gasteiger partial charge < -0.3 is 0 Å². The van der Waals surface area contributed by atoms with Crippen molar-refractivity contribution in [2.75, 3.05) is 0 Å². The lowest BCUT2D eigenvalue weighted by molar-refractivity contribution is 0.599. The molecule has 0 aliphatic rings. The second kappa shape index (κ2) is 6.97. The van der Waals surface area contributed by atoms with Crippen LogP contribution in [0.5, 0.6) is 0 Å². The van der Waals surface area contributed by atoms with Crippen LogP contribution in [0.3, 0.4) is 0 Å². The van der Waals surface area contributed by atoms with Gasteiger partial charge in [-0.05, 0) is 89.3 Å². The average Bonchev–Trinajstić information content (AvgIpc) is 2.53. The number of benzene rings is 3. The molecule has 0 fully saturated rings. The van der Waals surface area contributed by atoms with Gasteiger partial charge in [-0.2, -0.15) is 0 Å². The fourth-order valence-corrected chi connectivity index (χ4v) is 4.68. The van der Waals surface area contributed by atoms with Gasteiger partial charge in [0.25, 0.3) is 0 Å². The molecule has 0 amide bonds. The number of rotatable bonds is 3. The van der Waals surface area contributed by atoms with Gasteiger partial charge >= 0.3 is 0 Å². The molecule has 0 unspecified atom stereocenters. The molecule has 0 aliphatic heterocycles. The van der Waals surface area contributed by atoms with Crippen molar-refractivity contribution in [2.24, 2.45) is 0 Å². The summed E-state index contributed by atoms with van der Waals surface area (Å²) in [6.45, 7) is 0. The van der Waals surface area contributed by atoms with E-state index in [9.17, 15) is 13.2 Å². The van der Waals surface area contributed by atoms with Crippen molar-refractivity contribution in [1.29, 1.82) is 0 Å². The maximum absolute atomic E-state index is 14.5. The molecule has 3 aromatic rings. The van der Waals surface area contributed by atoms with E-state index < -0.39 is 10.9 Å². The Balaban J connectivity index is 2.16. The standard InChI is InChI=1S/C18H11F3IS/c19-12-1-6-15(7-2-12)23(16-8-3-13(20)4-9-16)18-10-5-14(22)11-17(18)21/h1-11H/q+1. The molecule has 3 rings (SSSR count). The summed E-state index contributed by atoms with van der Waals surface area (Å²) in [5, 5.41) is 0. The first-order valence-electron chi connectivity index (χ1n) is 6.75. The Bertz CT molecular complexity index is 771. The molecule has 0 bridgehead atoms. The minimum atomic E-state index is -0.763. The van der Waals surface area contributed by atoms with Crippen molar-refractivity contribution in [3.05, 3.63) is 87.8 Å². The minimum Gasteiger partial charge on any atom is -0.207 e. The first-order valence-corrected chi connectivity index (χ1v) is 9.05. The van der Waals surface area contributed by atoms with Crippen LogP contribution in [0.2, 0.25) is 0 Å². The van der Waals surface area contributed by atoms with E-state index in [0.29, 0.717) is 4.90 Å². The maximum atomic E-state index is 14.5. The summed E-state index contributed by atoms with van der Waals surface area (Å²) in [4.78, 5) is 2.06. The van der Waals surface area contributed by atoms with Crippen LogP contribution >= 0.6 is 22.6 Å². The van der Waals surface area contributed by atoms with E-state index in [0.717, 1.165) is 13.4 Å². The third-order valence-corrected chi connectivity index (χ3v) is 6.14. The SMILES string of the molecule is Fc1ccc([S+](c2ccc(F)cc2)c2ccc(I)cc2F)cc1. The fourth-order valence-electron chi connectivity index (χ4n) is 2.17. The lowest BCUT2D eigenvalue weighted by Gasteiger charge is -2.09. The highest BCUT2D eigenvalue weighted by Crippen LogP contribution is 2.33. The second-order valence-corrected chi connectivity index (χ2v) is 8.03. The van der Waals surface area contributed by atoms with E-state index in [1.807, 2.05) is 28.7 Å². The zero-order valence-electron chi connectivity index (χ0n) is 11.8. The molecule has 0 atom stereocenters. The number of hydrogen-bond donors (Lipinski definition) is 0. The molecule has 0 radical (unpaired) electrons. The third kappa shape index (κ3) is 3.72. The highest BCUT2D eigenvalue weighted by Gasteiger charge is 2.32. The number of hydrogen-bond acceptors (Lipinski definition) is 0. The average molecular weight is 443 g/mol. The van der Waals surface area contributed by atoms with Crippen molar-refractivity contribution in [1.82, 2.24) is 0 Å². The number of halogens is 4. The molecule has 116 valence electrons. The van der Waals surface area contributed by atoms with E-state index >= 15 is 0 Å². The Labute approximate surface area is 148 Å². The van der Waals surface area contributed by atoms with Gasteiger partial charge in [0, 0.05) is 3.57 Å². The molecule has 0 spiro atoms. The van der Waals surface area contributed by atoms with Gasteiger partial charge in [-0.15, -0.1) is 0 Å². The minimum absolute atomic E-state index is 0.325. The van der Waals surface area contributed by atoms with E-state index in [2.05, 4.69) is 0 Å². The summed E-state index contributed by atoms with van der Waals surface area (Å²) < 4.78 is 41.7. The quantitative estimate of drug-likeness (QED) is 0.355. The lowest BCUT2D eigenvalue weighted by Crippen LogP contribution is -2.07. The molecule has 0 aromatic heterocycles. The van der Waals surface area contributed by atoms with Crippen LogP contribution in [0.15, 0.2) is 81.4 Å². The Morgan fingerprint density at radius 1 is 0.652 bits per heavy atom. The summed E-state index contributed by atoms with van der Waals surface area (Å²) in [5.41, 5.74) is 0. The fraction of sp³-hybridized carbons (Fsp3) is 0. The summed E-state index contributed by atoms with van der Waals surface area (Å²) in [6.07, 6.45) is 0. The van der Waals surface area contributed by atoms with Gasteiger partial charge in [0.1, 0.15) is 22.5 Å². The van der Waals surface area contributed by atoms with E-state index in [1.165, 1.54) is 30.3 Å². The van der Waals surface area contributed by atoms with Crippen LogP contribution in [-0.4, -0.2) is 0 Å². The molecule has 5 heteroatoms. The van der Waals surface area contributed by atoms with E-state index in [1.54, 1.807) is 30.3 Å². The molecular weight excluding hydrogens is 432 g/mol. The van der Waals surface area contributed by atoms with E-state index in [4.69, 9.17) is 0 Å². The van der Waals surface area contributed by atoms with E-state index in [-0.39, 0.29) is 17.5 Å². The van der Waals surface area contributed by atoms with Gasteiger partial charge in [0.05, 0.1) is 0 Å². The Kier molecular flexibility index (Phi) is 4.96. The first kappa shape index (κ1) is 16.4. The highest BCUT2D eigenvalue weighted by molar-refractivity contribution is 14.1. The van der Waals surface area contributed by atoms with Crippen molar-refractivity contribution in [3.8, 4) is 0 Å². The summed E-state index contributed by atoms with van der Waals surface area (Å²) in [6, 6.07) is 17.0. The van der Waals surface area contributed by atoms with Crippen LogP contribution in [0.1, 0.15) is 0 Å². The van der Waals surface area contributed by atoms with Gasteiger partial charge in [-0.3, -0.25) is 0 Å². The first-order chi connectivity index (χ1) is 11.0. The second-order valence-electron chi connectivity index (χ2n) is 4.79. The summed E-state index contributed by atoms with van der Waals surface area (Å²) in [7, 11) is -0.763. The van der Waals surface area contributed by atoms with Gasteiger partial charge in [-0.25, -0.2) is 13.2 Å². The smallest absolute Gasteiger partial charge is 0.202 e. The van der Waals surface area contributed by atoms with Crippen molar-refractivity contribution < 1.29 is 13.2 Å². The lowest BCUT2D eigenvalue weighted by atomic mass is 10.3. The highest BCUT2D eigenvalue weighted by atomic mass is 127.